The third kappa shape index (κ3) is 5.98. The summed E-state index contributed by atoms with van der Waals surface area (Å²) in [7, 11) is 0. The number of alkyl carbamates (subject to hydrolysis) is 1. The van der Waals surface area contributed by atoms with E-state index in [1.54, 1.807) is 13.8 Å². The smallest absolute Gasteiger partial charge is 0.407 e. The summed E-state index contributed by atoms with van der Waals surface area (Å²) in [5, 5.41) is 8.49. The van der Waals surface area contributed by atoms with Crippen molar-refractivity contribution >= 4 is 51.2 Å². The Morgan fingerprint density at radius 3 is 2.89 bits per heavy atom. The summed E-state index contributed by atoms with van der Waals surface area (Å²) >= 11 is 6.14. The second-order valence-electron chi connectivity index (χ2n) is 9.89. The number of carbonyl (C=O) groups is 2. The highest BCUT2D eigenvalue weighted by Crippen LogP contribution is 2.23. The number of ether oxygens (including phenoxy) is 1. The Labute approximate surface area is 224 Å². The van der Waals surface area contributed by atoms with Gasteiger partial charge in [0, 0.05) is 40.1 Å². The zero-order valence-electron chi connectivity index (χ0n) is 21.2. The largest absolute Gasteiger partial charge is 0.447 e. The second-order valence-corrected chi connectivity index (χ2v) is 10.3. The van der Waals surface area contributed by atoms with Crippen LogP contribution < -0.4 is 16.4 Å². The SMILES string of the molecule is CC(C)OC(=O)NC(Cc1ccc2c(N)ncnc2c1)C1CN(Cc2cc3cc(Cl)ccc3[nH]2)CC(=O)N1. The lowest BCUT2D eigenvalue weighted by Crippen LogP contribution is -2.62. The molecule has 1 saturated heterocycles. The number of piperazine rings is 1. The van der Waals surface area contributed by atoms with Crippen molar-refractivity contribution in [1.82, 2.24) is 30.5 Å². The standard InChI is InChI=1S/C27H30ClN7O3/c1-15(2)38-27(37)34-23(8-16-3-5-20-22(7-16)30-14-31-26(20)29)24-12-35(13-25(36)33-24)11-19-10-17-9-18(28)4-6-21(17)32-19/h3-7,9-10,14-15,23-24,32H,8,11-13H2,1-2H3,(H,33,36)(H,34,37)(H2,29,30,31). The first-order chi connectivity index (χ1) is 18.2. The maximum atomic E-state index is 12.8. The molecule has 2 atom stereocenters. The second kappa shape index (κ2) is 10.8. The molecule has 0 radical (unpaired) electrons. The predicted octanol–water partition coefficient (Wildman–Crippen LogP) is 3.39. The molecular weight excluding hydrogens is 506 g/mol. The highest BCUT2D eigenvalue weighted by molar-refractivity contribution is 6.31. The van der Waals surface area contributed by atoms with Crippen molar-refractivity contribution in [2.45, 2.75) is 45.0 Å². The molecule has 2 aromatic heterocycles. The number of H-pyrrole nitrogens is 1. The number of rotatable bonds is 7. The molecule has 1 aliphatic rings. The number of nitrogen functional groups attached to an aromatic ring is 1. The van der Waals surface area contributed by atoms with E-state index in [0.717, 1.165) is 27.5 Å². The molecule has 38 heavy (non-hydrogen) atoms. The Bertz CT molecular complexity index is 1490. The van der Waals surface area contributed by atoms with Gasteiger partial charge in [0.05, 0.1) is 30.2 Å². The molecule has 11 heteroatoms. The quantitative estimate of drug-likeness (QED) is 0.284. The van der Waals surface area contributed by atoms with E-state index in [1.165, 1.54) is 6.33 Å². The van der Waals surface area contributed by atoms with Crippen molar-refractivity contribution in [2.75, 3.05) is 18.8 Å². The lowest BCUT2D eigenvalue weighted by Gasteiger charge is -2.37. The molecule has 4 aromatic rings. The molecule has 198 valence electrons. The van der Waals surface area contributed by atoms with Crippen LogP contribution in [0.2, 0.25) is 5.02 Å². The first-order valence-corrected chi connectivity index (χ1v) is 12.9. The minimum absolute atomic E-state index is 0.108. The zero-order chi connectivity index (χ0) is 26.8. The van der Waals surface area contributed by atoms with Crippen molar-refractivity contribution in [2.24, 2.45) is 0 Å². The molecule has 0 aliphatic carbocycles. The van der Waals surface area contributed by atoms with E-state index < -0.39 is 12.1 Å². The molecule has 2 amide bonds. The fourth-order valence-electron chi connectivity index (χ4n) is 4.88. The highest BCUT2D eigenvalue weighted by Gasteiger charge is 2.32. The number of anilines is 1. The number of halogens is 1. The van der Waals surface area contributed by atoms with Crippen LogP contribution in [0.5, 0.6) is 0 Å². The van der Waals surface area contributed by atoms with E-state index >= 15 is 0 Å². The molecule has 2 aromatic carbocycles. The van der Waals surface area contributed by atoms with Crippen LogP contribution in [0.25, 0.3) is 21.8 Å². The summed E-state index contributed by atoms with van der Waals surface area (Å²) in [5.74, 6) is 0.301. The van der Waals surface area contributed by atoms with E-state index in [2.05, 4.69) is 30.5 Å². The van der Waals surface area contributed by atoms with E-state index in [9.17, 15) is 9.59 Å². The van der Waals surface area contributed by atoms with E-state index in [1.807, 2.05) is 42.5 Å². The number of nitrogens with two attached hydrogens (primary N) is 1. The molecular formula is C27H30ClN7O3. The van der Waals surface area contributed by atoms with Crippen LogP contribution in [0, 0.1) is 0 Å². The van der Waals surface area contributed by atoms with Gasteiger partial charge in [0.15, 0.2) is 0 Å². The fraction of sp³-hybridized carbons (Fsp3) is 0.333. The van der Waals surface area contributed by atoms with Gasteiger partial charge in [0.25, 0.3) is 0 Å². The van der Waals surface area contributed by atoms with Crippen molar-refractivity contribution < 1.29 is 14.3 Å². The number of aromatic amines is 1. The average molecular weight is 536 g/mol. The first kappa shape index (κ1) is 25.7. The number of fused-ring (bicyclic) bond motifs is 2. The molecule has 0 saturated carbocycles. The Kier molecular flexibility index (Phi) is 7.35. The summed E-state index contributed by atoms with van der Waals surface area (Å²) in [5.41, 5.74) is 9.59. The fourth-order valence-corrected chi connectivity index (χ4v) is 5.06. The third-order valence-electron chi connectivity index (χ3n) is 6.52. The third-order valence-corrected chi connectivity index (χ3v) is 6.76. The van der Waals surface area contributed by atoms with Crippen LogP contribution in [-0.4, -0.2) is 63.1 Å². The Hall–Kier alpha value is -3.89. The van der Waals surface area contributed by atoms with Crippen LogP contribution in [0.3, 0.4) is 0 Å². The van der Waals surface area contributed by atoms with Crippen LogP contribution in [-0.2, 0) is 22.5 Å². The van der Waals surface area contributed by atoms with Gasteiger partial charge < -0.3 is 26.1 Å². The molecule has 5 N–H and O–H groups in total. The molecule has 3 heterocycles. The van der Waals surface area contributed by atoms with Crippen molar-refractivity contribution in [3.63, 3.8) is 0 Å². The molecule has 1 fully saturated rings. The molecule has 5 rings (SSSR count). The van der Waals surface area contributed by atoms with Gasteiger partial charge >= 0.3 is 6.09 Å². The van der Waals surface area contributed by atoms with Crippen molar-refractivity contribution in [3.8, 4) is 0 Å². The van der Waals surface area contributed by atoms with Crippen molar-refractivity contribution in [1.29, 1.82) is 0 Å². The minimum Gasteiger partial charge on any atom is -0.447 e. The molecule has 0 bridgehead atoms. The maximum absolute atomic E-state index is 12.8. The maximum Gasteiger partial charge on any atom is 0.407 e. The lowest BCUT2D eigenvalue weighted by atomic mass is 9.96. The number of nitrogens with zero attached hydrogens (tertiary/aromatic N) is 3. The van der Waals surface area contributed by atoms with Gasteiger partial charge in [-0.25, -0.2) is 14.8 Å². The van der Waals surface area contributed by atoms with Crippen LogP contribution in [0.1, 0.15) is 25.1 Å². The summed E-state index contributed by atoms with van der Waals surface area (Å²) < 4.78 is 5.36. The van der Waals surface area contributed by atoms with Crippen LogP contribution in [0.4, 0.5) is 10.6 Å². The van der Waals surface area contributed by atoms with Crippen molar-refractivity contribution in [3.05, 3.63) is 65.1 Å². The highest BCUT2D eigenvalue weighted by atomic mass is 35.5. The summed E-state index contributed by atoms with van der Waals surface area (Å²) in [4.78, 5) is 39.2. The topological polar surface area (TPSA) is 138 Å². The van der Waals surface area contributed by atoms with Gasteiger partial charge in [-0.05, 0) is 62.2 Å². The normalized spacial score (nSPS) is 17.1. The van der Waals surface area contributed by atoms with Gasteiger partial charge in [-0.1, -0.05) is 17.7 Å². The Balaban J connectivity index is 1.37. The summed E-state index contributed by atoms with van der Waals surface area (Å²) in [6.45, 7) is 4.92. The zero-order valence-corrected chi connectivity index (χ0v) is 22.0. The van der Waals surface area contributed by atoms with E-state index in [0.29, 0.717) is 35.9 Å². The predicted molar refractivity (Wildman–Crippen MR) is 147 cm³/mol. The van der Waals surface area contributed by atoms with E-state index in [4.69, 9.17) is 22.1 Å². The van der Waals surface area contributed by atoms with Crippen LogP contribution in [0.15, 0.2) is 48.8 Å². The van der Waals surface area contributed by atoms with Gasteiger partial charge in [-0.2, -0.15) is 0 Å². The lowest BCUT2D eigenvalue weighted by molar-refractivity contribution is -0.126. The number of aromatic nitrogens is 3. The number of carbonyl (C=O) groups excluding carboxylic acids is 2. The monoisotopic (exact) mass is 535 g/mol. The number of hydrogen-bond acceptors (Lipinski definition) is 7. The number of benzene rings is 2. The average Bonchev–Trinajstić information content (AvgIpc) is 3.24. The van der Waals surface area contributed by atoms with E-state index in [-0.39, 0.29) is 24.6 Å². The van der Waals surface area contributed by atoms with Gasteiger partial charge in [-0.3, -0.25) is 9.69 Å². The number of hydrogen-bond donors (Lipinski definition) is 4. The molecule has 1 aliphatic heterocycles. The minimum atomic E-state index is -0.531. The van der Waals surface area contributed by atoms with Crippen LogP contribution >= 0.6 is 11.6 Å². The Morgan fingerprint density at radius 1 is 1.24 bits per heavy atom. The van der Waals surface area contributed by atoms with Gasteiger partial charge in [0.2, 0.25) is 5.91 Å². The molecule has 10 nitrogen and oxygen atoms in total. The molecule has 2 unspecified atom stereocenters. The number of amides is 2. The summed E-state index contributed by atoms with van der Waals surface area (Å²) in [6, 6.07) is 12.7. The first-order valence-electron chi connectivity index (χ1n) is 12.5. The molecule has 0 spiro atoms. The van der Waals surface area contributed by atoms with Gasteiger partial charge in [0.1, 0.15) is 12.1 Å². The number of nitrogens with one attached hydrogen (secondary N) is 3. The summed E-state index contributed by atoms with van der Waals surface area (Å²) in [6.07, 6.45) is 1.07. The Morgan fingerprint density at radius 2 is 2.08 bits per heavy atom. The van der Waals surface area contributed by atoms with Gasteiger partial charge in [-0.15, -0.1) is 0 Å².